The molecule has 0 radical (unpaired) electrons. The van der Waals surface area contributed by atoms with Gasteiger partial charge in [-0.3, -0.25) is 4.90 Å². The van der Waals surface area contributed by atoms with Crippen LogP contribution in [-0.4, -0.2) is 36.2 Å². The van der Waals surface area contributed by atoms with Crippen molar-refractivity contribution in [3.05, 3.63) is 53.8 Å². The molecule has 1 aromatic heterocycles. The Bertz CT molecular complexity index is 825. The van der Waals surface area contributed by atoms with E-state index in [1.807, 2.05) is 12.1 Å². The average Bonchev–Trinajstić information content (AvgIpc) is 2.99. The number of hydrogen-bond acceptors (Lipinski definition) is 4. The highest BCUT2D eigenvalue weighted by atomic mass is 19.1. The van der Waals surface area contributed by atoms with Gasteiger partial charge in [0.2, 0.25) is 5.89 Å². The third-order valence-electron chi connectivity index (χ3n) is 4.03. The molecule has 3 aromatic rings. The van der Waals surface area contributed by atoms with Crippen LogP contribution in [0.1, 0.15) is 5.56 Å². The van der Waals surface area contributed by atoms with E-state index in [0.29, 0.717) is 11.5 Å². The summed E-state index contributed by atoms with van der Waals surface area (Å²) in [4.78, 5) is 6.86. The first-order valence-electron chi connectivity index (χ1n) is 7.73. The Balaban J connectivity index is 1.61. The first kappa shape index (κ1) is 14.4. The van der Waals surface area contributed by atoms with E-state index in [1.165, 1.54) is 17.7 Å². The molecule has 0 spiro atoms. The van der Waals surface area contributed by atoms with Gasteiger partial charge in [0, 0.05) is 25.2 Å². The Morgan fingerprint density at radius 1 is 1.09 bits per heavy atom. The van der Waals surface area contributed by atoms with Crippen molar-refractivity contribution >= 4 is 11.1 Å². The van der Waals surface area contributed by atoms with Crippen LogP contribution in [0, 0.1) is 5.82 Å². The van der Waals surface area contributed by atoms with Crippen molar-refractivity contribution in [3.63, 3.8) is 0 Å². The second kappa shape index (κ2) is 6.10. The van der Waals surface area contributed by atoms with Gasteiger partial charge in [-0.15, -0.1) is 0 Å². The lowest BCUT2D eigenvalue weighted by Crippen LogP contribution is -2.35. The standard InChI is InChI=1S/C18H17FN2O2/c19-15-3-1-2-14(11-15)18-20-16-10-13(4-5-17(16)23-18)12-21-6-8-22-9-7-21/h1-5,10-11H,6-9,12H2. The van der Waals surface area contributed by atoms with Crippen molar-refractivity contribution in [2.24, 2.45) is 0 Å². The molecule has 5 heteroatoms. The second-order valence-corrected chi connectivity index (χ2v) is 5.72. The summed E-state index contributed by atoms with van der Waals surface area (Å²) in [6.45, 7) is 4.35. The number of oxazole rings is 1. The summed E-state index contributed by atoms with van der Waals surface area (Å²) in [7, 11) is 0. The molecule has 2 aromatic carbocycles. The highest BCUT2D eigenvalue weighted by Gasteiger charge is 2.13. The second-order valence-electron chi connectivity index (χ2n) is 5.72. The lowest BCUT2D eigenvalue weighted by atomic mass is 10.2. The summed E-state index contributed by atoms with van der Waals surface area (Å²) in [5.41, 5.74) is 3.36. The Kier molecular flexibility index (Phi) is 3.81. The molecule has 0 amide bonds. The van der Waals surface area contributed by atoms with Gasteiger partial charge in [-0.2, -0.15) is 0 Å². The molecule has 0 N–H and O–H groups in total. The maximum Gasteiger partial charge on any atom is 0.227 e. The number of fused-ring (bicyclic) bond motifs is 1. The molecule has 118 valence electrons. The Labute approximate surface area is 133 Å². The number of ether oxygens (including phenoxy) is 1. The molecule has 0 aliphatic carbocycles. The van der Waals surface area contributed by atoms with Gasteiger partial charge in [-0.25, -0.2) is 9.37 Å². The molecule has 1 fully saturated rings. The molecule has 0 atom stereocenters. The van der Waals surface area contributed by atoms with Crippen molar-refractivity contribution in [1.29, 1.82) is 0 Å². The first-order chi connectivity index (χ1) is 11.3. The van der Waals surface area contributed by atoms with Gasteiger partial charge in [-0.05, 0) is 35.9 Å². The fourth-order valence-corrected chi connectivity index (χ4v) is 2.83. The number of aromatic nitrogens is 1. The Hall–Kier alpha value is -2.24. The van der Waals surface area contributed by atoms with Crippen molar-refractivity contribution in [3.8, 4) is 11.5 Å². The highest BCUT2D eigenvalue weighted by molar-refractivity contribution is 5.76. The zero-order chi connectivity index (χ0) is 15.6. The lowest BCUT2D eigenvalue weighted by Gasteiger charge is -2.26. The molecule has 0 bridgehead atoms. The van der Waals surface area contributed by atoms with E-state index in [2.05, 4.69) is 16.0 Å². The van der Waals surface area contributed by atoms with Crippen molar-refractivity contribution in [1.82, 2.24) is 9.88 Å². The SMILES string of the molecule is Fc1cccc(-c2nc3cc(CN4CCOCC4)ccc3o2)c1. The average molecular weight is 312 g/mol. The van der Waals surface area contributed by atoms with Gasteiger partial charge in [0.1, 0.15) is 11.3 Å². The molecular weight excluding hydrogens is 295 g/mol. The highest BCUT2D eigenvalue weighted by Crippen LogP contribution is 2.25. The van der Waals surface area contributed by atoms with E-state index in [0.717, 1.165) is 43.9 Å². The summed E-state index contributed by atoms with van der Waals surface area (Å²) >= 11 is 0. The molecule has 1 aliphatic rings. The third-order valence-corrected chi connectivity index (χ3v) is 4.03. The minimum absolute atomic E-state index is 0.294. The minimum atomic E-state index is -0.294. The normalized spacial score (nSPS) is 16.0. The number of halogens is 1. The largest absolute Gasteiger partial charge is 0.436 e. The summed E-state index contributed by atoms with van der Waals surface area (Å²) in [5.74, 6) is 0.154. The van der Waals surface area contributed by atoms with Gasteiger partial charge < -0.3 is 9.15 Å². The molecule has 1 saturated heterocycles. The zero-order valence-electron chi connectivity index (χ0n) is 12.7. The molecule has 1 aliphatic heterocycles. The maximum absolute atomic E-state index is 13.3. The van der Waals surface area contributed by atoms with Crippen LogP contribution in [0.4, 0.5) is 4.39 Å². The van der Waals surface area contributed by atoms with Gasteiger partial charge in [0.15, 0.2) is 5.58 Å². The van der Waals surface area contributed by atoms with Crippen LogP contribution < -0.4 is 0 Å². The quantitative estimate of drug-likeness (QED) is 0.742. The molecule has 4 nitrogen and oxygen atoms in total. The van der Waals surface area contributed by atoms with Crippen LogP contribution in [0.25, 0.3) is 22.6 Å². The van der Waals surface area contributed by atoms with Crippen molar-refractivity contribution in [2.75, 3.05) is 26.3 Å². The summed E-state index contributed by atoms with van der Waals surface area (Å²) in [6, 6.07) is 12.3. The van der Waals surface area contributed by atoms with E-state index in [-0.39, 0.29) is 5.82 Å². The number of rotatable bonds is 3. The monoisotopic (exact) mass is 312 g/mol. The smallest absolute Gasteiger partial charge is 0.227 e. The first-order valence-corrected chi connectivity index (χ1v) is 7.73. The maximum atomic E-state index is 13.3. The van der Waals surface area contributed by atoms with E-state index < -0.39 is 0 Å². The van der Waals surface area contributed by atoms with Crippen LogP contribution in [0.15, 0.2) is 46.9 Å². The molecule has 4 rings (SSSR count). The summed E-state index contributed by atoms with van der Waals surface area (Å²) in [6.07, 6.45) is 0. The number of nitrogens with zero attached hydrogens (tertiary/aromatic N) is 2. The summed E-state index contributed by atoms with van der Waals surface area (Å²) < 4.78 is 24.5. The predicted octanol–water partition coefficient (Wildman–Crippen LogP) is 3.47. The van der Waals surface area contributed by atoms with E-state index in [1.54, 1.807) is 12.1 Å². The summed E-state index contributed by atoms with van der Waals surface area (Å²) in [5, 5.41) is 0. The van der Waals surface area contributed by atoms with Crippen LogP contribution in [0.5, 0.6) is 0 Å². The van der Waals surface area contributed by atoms with Gasteiger partial charge in [0.25, 0.3) is 0 Å². The van der Waals surface area contributed by atoms with E-state index in [9.17, 15) is 4.39 Å². The molecule has 0 saturated carbocycles. The molecule has 2 heterocycles. The van der Waals surface area contributed by atoms with Gasteiger partial charge in [-0.1, -0.05) is 12.1 Å². The van der Waals surface area contributed by atoms with E-state index >= 15 is 0 Å². The fraction of sp³-hybridized carbons (Fsp3) is 0.278. The third kappa shape index (κ3) is 3.11. The number of morpholine rings is 1. The van der Waals surface area contributed by atoms with Gasteiger partial charge in [0.05, 0.1) is 13.2 Å². The molecular formula is C18H17FN2O2. The van der Waals surface area contributed by atoms with Crippen LogP contribution in [0.3, 0.4) is 0 Å². The fourth-order valence-electron chi connectivity index (χ4n) is 2.83. The number of benzene rings is 2. The number of hydrogen-bond donors (Lipinski definition) is 0. The van der Waals surface area contributed by atoms with Crippen molar-refractivity contribution < 1.29 is 13.5 Å². The van der Waals surface area contributed by atoms with E-state index in [4.69, 9.17) is 9.15 Å². The topological polar surface area (TPSA) is 38.5 Å². The molecule has 23 heavy (non-hydrogen) atoms. The molecule has 0 unspecified atom stereocenters. The van der Waals surface area contributed by atoms with Crippen LogP contribution in [-0.2, 0) is 11.3 Å². The minimum Gasteiger partial charge on any atom is -0.436 e. The Morgan fingerprint density at radius 2 is 1.96 bits per heavy atom. The van der Waals surface area contributed by atoms with Crippen molar-refractivity contribution in [2.45, 2.75) is 6.54 Å². The van der Waals surface area contributed by atoms with Crippen LogP contribution in [0.2, 0.25) is 0 Å². The predicted molar refractivity (Wildman–Crippen MR) is 85.5 cm³/mol. The zero-order valence-corrected chi connectivity index (χ0v) is 12.7. The Morgan fingerprint density at radius 3 is 2.78 bits per heavy atom. The lowest BCUT2D eigenvalue weighted by molar-refractivity contribution is 0.0342. The van der Waals surface area contributed by atoms with Crippen LogP contribution >= 0.6 is 0 Å². The van der Waals surface area contributed by atoms with Gasteiger partial charge >= 0.3 is 0 Å².